The number of thioether (sulfide) groups is 1. The van der Waals surface area contributed by atoms with E-state index >= 15 is 0 Å². The summed E-state index contributed by atoms with van der Waals surface area (Å²) in [5.74, 6) is 10.7. The molecule has 1 fully saturated rings. The lowest BCUT2D eigenvalue weighted by atomic mass is 9.96. The summed E-state index contributed by atoms with van der Waals surface area (Å²) in [6, 6.07) is 0. The van der Waals surface area contributed by atoms with Gasteiger partial charge in [0.05, 0.1) is 5.75 Å². The third-order valence-electron chi connectivity index (χ3n) is 3.23. The van der Waals surface area contributed by atoms with Gasteiger partial charge in [0.25, 0.3) is 0 Å². The number of rotatable bonds is 4. The molecule has 2 heterocycles. The number of hydrazine groups is 1. The van der Waals surface area contributed by atoms with Gasteiger partial charge in [-0.1, -0.05) is 11.8 Å². The molecule has 0 bridgehead atoms. The lowest BCUT2D eigenvalue weighted by molar-refractivity contribution is -0.133. The Morgan fingerprint density at radius 3 is 2.70 bits per heavy atom. The van der Waals surface area contributed by atoms with Crippen LogP contribution in [-0.4, -0.2) is 50.4 Å². The van der Waals surface area contributed by atoms with Gasteiger partial charge in [-0.05, 0) is 12.8 Å². The highest BCUT2D eigenvalue weighted by atomic mass is 32.2. The first-order valence-corrected chi connectivity index (χ1v) is 7.16. The smallest absolute Gasteiger partial charge is 0.237 e. The average Bonchev–Trinajstić information content (AvgIpc) is 2.89. The first-order valence-electron chi connectivity index (χ1n) is 6.18. The lowest BCUT2D eigenvalue weighted by Gasteiger charge is -2.30. The predicted octanol–water partition coefficient (Wildman–Crippen LogP) is -1.69. The van der Waals surface area contributed by atoms with Gasteiger partial charge >= 0.3 is 0 Å². The molecule has 110 valence electrons. The normalized spacial score (nSPS) is 16.1. The second-order valence-electron chi connectivity index (χ2n) is 4.47. The van der Waals surface area contributed by atoms with Crippen molar-refractivity contribution in [2.45, 2.75) is 18.0 Å². The second-order valence-corrected chi connectivity index (χ2v) is 5.42. The number of likely N-dealkylation sites (tertiary alicyclic amines) is 1. The summed E-state index contributed by atoms with van der Waals surface area (Å²) in [6.45, 7) is 1.12. The number of nitrogens with one attached hydrogen (secondary N) is 1. The molecular weight excluding hydrogens is 282 g/mol. The molecule has 0 saturated carbocycles. The monoisotopic (exact) mass is 299 g/mol. The van der Waals surface area contributed by atoms with E-state index in [1.165, 1.54) is 22.8 Å². The molecule has 1 aromatic heterocycles. The second kappa shape index (κ2) is 6.57. The Hall–Kier alpha value is -1.81. The third kappa shape index (κ3) is 3.39. The number of piperidine rings is 1. The number of aromatic nitrogens is 3. The van der Waals surface area contributed by atoms with Crippen LogP contribution >= 0.6 is 11.8 Å². The van der Waals surface area contributed by atoms with Gasteiger partial charge in [0.2, 0.25) is 17.0 Å². The fourth-order valence-corrected chi connectivity index (χ4v) is 2.80. The van der Waals surface area contributed by atoms with Gasteiger partial charge in [0.1, 0.15) is 6.33 Å². The minimum atomic E-state index is -0.164. The fraction of sp³-hybridized carbons (Fsp3) is 0.600. The topological polar surface area (TPSA) is 132 Å². The SMILES string of the molecule is NNC(=O)C1CCN(C(=O)CSc2nncn2N)CC1. The summed E-state index contributed by atoms with van der Waals surface area (Å²) in [7, 11) is 0. The van der Waals surface area contributed by atoms with E-state index in [4.69, 9.17) is 11.7 Å². The van der Waals surface area contributed by atoms with Crippen LogP contribution in [0.3, 0.4) is 0 Å². The van der Waals surface area contributed by atoms with Crippen LogP contribution in [0.2, 0.25) is 0 Å². The summed E-state index contributed by atoms with van der Waals surface area (Å²) >= 11 is 1.24. The number of nitrogen functional groups attached to an aromatic ring is 1. The van der Waals surface area contributed by atoms with Crippen LogP contribution in [0, 0.1) is 5.92 Å². The first-order chi connectivity index (χ1) is 9.61. The molecule has 5 N–H and O–H groups in total. The number of nitrogens with zero attached hydrogens (tertiary/aromatic N) is 4. The van der Waals surface area contributed by atoms with E-state index in [0.29, 0.717) is 31.1 Å². The van der Waals surface area contributed by atoms with E-state index in [2.05, 4.69) is 15.6 Å². The lowest BCUT2D eigenvalue weighted by Crippen LogP contribution is -2.45. The highest BCUT2D eigenvalue weighted by molar-refractivity contribution is 7.99. The van der Waals surface area contributed by atoms with Crippen LogP contribution in [0.15, 0.2) is 11.5 Å². The van der Waals surface area contributed by atoms with Crippen molar-refractivity contribution in [1.29, 1.82) is 0 Å². The van der Waals surface area contributed by atoms with Crippen molar-refractivity contribution in [1.82, 2.24) is 25.2 Å². The maximum Gasteiger partial charge on any atom is 0.237 e. The number of nitrogens with two attached hydrogens (primary N) is 2. The summed E-state index contributed by atoms with van der Waals surface area (Å²) < 4.78 is 1.27. The van der Waals surface area contributed by atoms with Crippen LogP contribution in [-0.2, 0) is 9.59 Å². The van der Waals surface area contributed by atoms with Gasteiger partial charge in [0.15, 0.2) is 0 Å². The number of hydrogen-bond acceptors (Lipinski definition) is 7. The Balaban J connectivity index is 1.77. The van der Waals surface area contributed by atoms with E-state index in [0.717, 1.165) is 0 Å². The van der Waals surface area contributed by atoms with Crippen LogP contribution in [0.4, 0.5) is 0 Å². The maximum atomic E-state index is 12.0. The Morgan fingerprint density at radius 2 is 2.15 bits per heavy atom. The van der Waals surface area contributed by atoms with Crippen molar-refractivity contribution in [3.05, 3.63) is 6.33 Å². The molecule has 20 heavy (non-hydrogen) atoms. The quantitative estimate of drug-likeness (QED) is 0.261. The Morgan fingerprint density at radius 1 is 1.45 bits per heavy atom. The number of carbonyl (C=O) groups excluding carboxylic acids is 2. The standard InChI is InChI=1S/C10H17N7O2S/c11-14-9(19)7-1-3-16(4-2-7)8(18)5-20-10-15-13-6-17(10)12/h6-7H,1-5,11-12H2,(H,14,19). The zero-order valence-corrected chi connectivity index (χ0v) is 11.7. The van der Waals surface area contributed by atoms with Gasteiger partial charge < -0.3 is 10.7 Å². The van der Waals surface area contributed by atoms with Crippen LogP contribution in [0.5, 0.6) is 0 Å². The van der Waals surface area contributed by atoms with Crippen molar-refractivity contribution in [2.24, 2.45) is 11.8 Å². The van der Waals surface area contributed by atoms with E-state index in [-0.39, 0.29) is 23.5 Å². The summed E-state index contributed by atoms with van der Waals surface area (Å²) in [6.07, 6.45) is 2.64. The highest BCUT2D eigenvalue weighted by Gasteiger charge is 2.26. The molecule has 2 rings (SSSR count). The highest BCUT2D eigenvalue weighted by Crippen LogP contribution is 2.19. The molecule has 0 aromatic carbocycles. The molecular formula is C10H17N7O2S. The molecule has 1 saturated heterocycles. The van der Waals surface area contributed by atoms with Crippen molar-refractivity contribution in [3.63, 3.8) is 0 Å². The largest absolute Gasteiger partial charge is 0.342 e. The molecule has 0 atom stereocenters. The van der Waals surface area contributed by atoms with Crippen molar-refractivity contribution in [2.75, 3.05) is 24.7 Å². The molecule has 2 amide bonds. The molecule has 0 unspecified atom stereocenters. The minimum absolute atomic E-state index is 0.00427. The predicted molar refractivity (Wildman–Crippen MR) is 72.5 cm³/mol. The number of carbonyl (C=O) groups is 2. The Labute approximate surface area is 120 Å². The molecule has 9 nitrogen and oxygen atoms in total. The molecule has 0 radical (unpaired) electrons. The van der Waals surface area contributed by atoms with Crippen LogP contribution < -0.4 is 17.1 Å². The first kappa shape index (κ1) is 14.6. The van der Waals surface area contributed by atoms with Crippen molar-refractivity contribution < 1.29 is 9.59 Å². The summed E-state index contributed by atoms with van der Waals surface area (Å²) in [5.41, 5.74) is 2.15. The minimum Gasteiger partial charge on any atom is -0.342 e. The van der Waals surface area contributed by atoms with Gasteiger partial charge in [-0.2, -0.15) is 0 Å². The van der Waals surface area contributed by atoms with Gasteiger partial charge in [-0.25, -0.2) is 10.5 Å². The summed E-state index contributed by atoms with van der Waals surface area (Å²) in [4.78, 5) is 25.2. The zero-order chi connectivity index (χ0) is 14.5. The zero-order valence-electron chi connectivity index (χ0n) is 10.9. The van der Waals surface area contributed by atoms with Gasteiger partial charge in [-0.3, -0.25) is 15.0 Å². The van der Waals surface area contributed by atoms with Crippen molar-refractivity contribution in [3.8, 4) is 0 Å². The van der Waals surface area contributed by atoms with E-state index in [1.54, 1.807) is 4.90 Å². The Bertz CT molecular complexity index is 484. The number of amides is 2. The third-order valence-corrected chi connectivity index (χ3v) is 4.17. The van der Waals surface area contributed by atoms with Gasteiger partial charge in [0, 0.05) is 19.0 Å². The van der Waals surface area contributed by atoms with Gasteiger partial charge in [-0.15, -0.1) is 10.2 Å². The van der Waals surface area contributed by atoms with E-state index in [9.17, 15) is 9.59 Å². The van der Waals surface area contributed by atoms with Crippen molar-refractivity contribution >= 4 is 23.6 Å². The molecule has 10 heteroatoms. The molecule has 1 aromatic rings. The number of hydrogen-bond donors (Lipinski definition) is 3. The molecule has 0 spiro atoms. The van der Waals surface area contributed by atoms with E-state index in [1.807, 2.05) is 0 Å². The summed E-state index contributed by atoms with van der Waals surface area (Å²) in [5, 5.41) is 7.93. The van der Waals surface area contributed by atoms with Crippen LogP contribution in [0.1, 0.15) is 12.8 Å². The average molecular weight is 299 g/mol. The Kier molecular flexibility index (Phi) is 4.79. The maximum absolute atomic E-state index is 12.0. The van der Waals surface area contributed by atoms with Crippen LogP contribution in [0.25, 0.3) is 0 Å². The molecule has 1 aliphatic heterocycles. The fourth-order valence-electron chi connectivity index (χ4n) is 2.06. The molecule has 1 aliphatic rings. The molecule has 0 aliphatic carbocycles. The van der Waals surface area contributed by atoms with E-state index < -0.39 is 0 Å².